The van der Waals surface area contributed by atoms with Crippen LogP contribution in [0.2, 0.25) is 0 Å². The Hall–Kier alpha value is -2.37. The summed E-state index contributed by atoms with van der Waals surface area (Å²) in [5.74, 6) is -0.113. The Balaban J connectivity index is 1.67. The topological polar surface area (TPSA) is 75.5 Å². The number of rotatable bonds is 6. The minimum absolute atomic E-state index is 0.0463. The maximum Gasteiger partial charge on any atom is 0.225 e. The first-order valence-corrected chi connectivity index (χ1v) is 7.84. The van der Waals surface area contributed by atoms with E-state index >= 15 is 0 Å². The normalized spacial score (nSPS) is 11.4. The van der Waals surface area contributed by atoms with E-state index in [0.29, 0.717) is 19.5 Å². The molecule has 0 atom stereocenters. The molecule has 23 heavy (non-hydrogen) atoms. The van der Waals surface area contributed by atoms with E-state index in [0.717, 1.165) is 11.3 Å². The van der Waals surface area contributed by atoms with Crippen LogP contribution in [0.5, 0.6) is 0 Å². The van der Waals surface area contributed by atoms with Crippen LogP contribution in [0, 0.1) is 5.41 Å². The summed E-state index contributed by atoms with van der Waals surface area (Å²) >= 11 is 0. The van der Waals surface area contributed by atoms with Gasteiger partial charge in [-0.25, -0.2) is 4.98 Å². The predicted molar refractivity (Wildman–Crippen MR) is 89.0 cm³/mol. The van der Waals surface area contributed by atoms with Gasteiger partial charge in [-0.1, -0.05) is 26.8 Å². The molecule has 2 N–H and O–H groups in total. The van der Waals surface area contributed by atoms with Gasteiger partial charge in [-0.15, -0.1) is 0 Å². The highest BCUT2D eigenvalue weighted by Crippen LogP contribution is 2.12. The molecule has 2 rings (SSSR count). The summed E-state index contributed by atoms with van der Waals surface area (Å²) < 4.78 is 1.96. The highest BCUT2D eigenvalue weighted by atomic mass is 16.2. The Morgan fingerprint density at radius 1 is 1.17 bits per heavy atom. The van der Waals surface area contributed by atoms with Gasteiger partial charge in [-0.2, -0.15) is 0 Å². The molecule has 0 saturated heterocycles. The van der Waals surface area contributed by atoms with Crippen molar-refractivity contribution in [1.82, 2.24) is 20.0 Å². The number of pyridine rings is 1. The van der Waals surface area contributed by atoms with Crippen LogP contribution >= 0.6 is 0 Å². The Kier molecular flexibility index (Phi) is 5.36. The third-order valence-electron chi connectivity index (χ3n) is 3.44. The molecule has 124 valence electrons. The number of aromatic nitrogens is 2. The molecule has 0 aliphatic heterocycles. The van der Waals surface area contributed by atoms with Gasteiger partial charge in [0.05, 0.1) is 5.69 Å². The van der Waals surface area contributed by atoms with Crippen LogP contribution in [0.4, 0.5) is 0 Å². The summed E-state index contributed by atoms with van der Waals surface area (Å²) in [7, 11) is 0. The zero-order valence-corrected chi connectivity index (χ0v) is 13.9. The summed E-state index contributed by atoms with van der Waals surface area (Å²) in [6.45, 7) is 6.43. The summed E-state index contributed by atoms with van der Waals surface area (Å²) in [6, 6.07) is 5.84. The van der Waals surface area contributed by atoms with Gasteiger partial charge in [-0.05, 0) is 12.1 Å². The van der Waals surface area contributed by atoms with E-state index in [2.05, 4.69) is 15.6 Å². The molecule has 6 heteroatoms. The lowest BCUT2D eigenvalue weighted by Crippen LogP contribution is -2.37. The van der Waals surface area contributed by atoms with Crippen LogP contribution in [-0.4, -0.2) is 34.3 Å². The van der Waals surface area contributed by atoms with Crippen LogP contribution in [0.25, 0.3) is 5.65 Å². The SMILES string of the molecule is CC(C)(C)C(=O)NCCC(=O)NCCc1cn2ccccc2n1. The number of nitrogens with zero attached hydrogens (tertiary/aromatic N) is 2. The van der Waals surface area contributed by atoms with Gasteiger partial charge < -0.3 is 15.0 Å². The maximum atomic E-state index is 11.7. The molecule has 0 aliphatic carbocycles. The first-order valence-electron chi connectivity index (χ1n) is 7.84. The van der Waals surface area contributed by atoms with Crippen molar-refractivity contribution < 1.29 is 9.59 Å². The van der Waals surface area contributed by atoms with Crippen molar-refractivity contribution in [1.29, 1.82) is 0 Å². The second-order valence-corrected chi connectivity index (χ2v) is 6.55. The quantitative estimate of drug-likeness (QED) is 0.849. The first-order chi connectivity index (χ1) is 10.9. The summed E-state index contributed by atoms with van der Waals surface area (Å²) in [4.78, 5) is 27.9. The minimum atomic E-state index is -0.431. The average molecular weight is 316 g/mol. The number of imidazole rings is 1. The molecule has 2 amide bonds. The predicted octanol–water partition coefficient (Wildman–Crippen LogP) is 1.55. The molecule has 0 radical (unpaired) electrons. The third-order valence-corrected chi connectivity index (χ3v) is 3.44. The second-order valence-electron chi connectivity index (χ2n) is 6.55. The lowest BCUT2D eigenvalue weighted by atomic mass is 9.96. The summed E-state index contributed by atoms with van der Waals surface area (Å²) in [5, 5.41) is 5.61. The second kappa shape index (κ2) is 7.26. The van der Waals surface area contributed by atoms with Crippen LogP contribution in [0.15, 0.2) is 30.6 Å². The Labute approximate surface area is 136 Å². The minimum Gasteiger partial charge on any atom is -0.356 e. The molecule has 2 aromatic rings. The molecule has 6 nitrogen and oxygen atoms in total. The Morgan fingerprint density at radius 3 is 2.65 bits per heavy atom. The molecule has 2 aromatic heterocycles. The monoisotopic (exact) mass is 316 g/mol. The van der Waals surface area contributed by atoms with Gasteiger partial charge in [0.1, 0.15) is 5.65 Å². The number of nitrogens with one attached hydrogen (secondary N) is 2. The highest BCUT2D eigenvalue weighted by Gasteiger charge is 2.20. The van der Waals surface area contributed by atoms with Crippen molar-refractivity contribution in [3.63, 3.8) is 0 Å². The zero-order valence-electron chi connectivity index (χ0n) is 13.9. The Bertz CT molecular complexity index is 652. The molecular weight excluding hydrogens is 292 g/mol. The van der Waals surface area contributed by atoms with Gasteiger partial charge in [-0.3, -0.25) is 9.59 Å². The van der Waals surface area contributed by atoms with E-state index in [1.807, 2.05) is 55.8 Å². The largest absolute Gasteiger partial charge is 0.356 e. The number of hydrogen-bond donors (Lipinski definition) is 2. The van der Waals surface area contributed by atoms with Gasteiger partial charge in [0, 0.05) is 43.7 Å². The van der Waals surface area contributed by atoms with Crippen molar-refractivity contribution in [3.8, 4) is 0 Å². The average Bonchev–Trinajstić information content (AvgIpc) is 2.88. The maximum absolute atomic E-state index is 11.7. The van der Waals surface area contributed by atoms with E-state index in [9.17, 15) is 9.59 Å². The number of fused-ring (bicyclic) bond motifs is 1. The fraction of sp³-hybridized carbons (Fsp3) is 0.471. The molecule has 0 fully saturated rings. The molecule has 0 bridgehead atoms. The van der Waals surface area contributed by atoms with Crippen LogP contribution in [-0.2, 0) is 16.0 Å². The fourth-order valence-corrected chi connectivity index (χ4v) is 2.08. The number of carbonyl (C=O) groups excluding carboxylic acids is 2. The van der Waals surface area contributed by atoms with Crippen molar-refractivity contribution in [3.05, 3.63) is 36.3 Å². The molecule has 0 aromatic carbocycles. The molecular formula is C17H24N4O2. The third kappa shape index (κ3) is 5.09. The molecule has 0 unspecified atom stereocenters. The van der Waals surface area contributed by atoms with E-state index < -0.39 is 5.41 Å². The fourth-order valence-electron chi connectivity index (χ4n) is 2.08. The molecule has 0 saturated carbocycles. The van der Waals surface area contributed by atoms with Gasteiger partial charge in [0.25, 0.3) is 0 Å². The van der Waals surface area contributed by atoms with Gasteiger partial charge in [0.15, 0.2) is 0 Å². The van der Waals surface area contributed by atoms with Crippen molar-refractivity contribution >= 4 is 17.5 Å². The number of carbonyl (C=O) groups is 2. The van der Waals surface area contributed by atoms with Crippen molar-refractivity contribution in [2.24, 2.45) is 5.41 Å². The highest BCUT2D eigenvalue weighted by molar-refractivity contribution is 5.82. The van der Waals surface area contributed by atoms with Crippen LogP contribution in [0.3, 0.4) is 0 Å². The van der Waals surface area contributed by atoms with E-state index in [1.54, 1.807) is 0 Å². The summed E-state index contributed by atoms with van der Waals surface area (Å²) in [5.41, 5.74) is 1.41. The lowest BCUT2D eigenvalue weighted by Gasteiger charge is -2.17. The lowest BCUT2D eigenvalue weighted by molar-refractivity contribution is -0.128. The van der Waals surface area contributed by atoms with E-state index in [1.165, 1.54) is 0 Å². The summed E-state index contributed by atoms with van der Waals surface area (Å²) in [6.07, 6.45) is 4.88. The molecule has 2 heterocycles. The number of amides is 2. The van der Waals surface area contributed by atoms with Gasteiger partial charge in [0.2, 0.25) is 11.8 Å². The molecule has 0 aliphatic rings. The van der Waals surface area contributed by atoms with Gasteiger partial charge >= 0.3 is 0 Å². The smallest absolute Gasteiger partial charge is 0.225 e. The molecule has 0 spiro atoms. The Morgan fingerprint density at radius 2 is 1.96 bits per heavy atom. The van der Waals surface area contributed by atoms with E-state index in [-0.39, 0.29) is 18.2 Å². The standard InChI is InChI=1S/C17H24N4O2/c1-17(2,3)16(23)19-10-8-15(22)18-9-7-13-12-21-11-5-4-6-14(21)20-13/h4-6,11-12H,7-10H2,1-3H3,(H,18,22)(H,19,23). The zero-order chi connectivity index (χ0) is 16.9. The van der Waals surface area contributed by atoms with Crippen LogP contribution < -0.4 is 10.6 Å². The van der Waals surface area contributed by atoms with Crippen LogP contribution in [0.1, 0.15) is 32.9 Å². The first kappa shape index (κ1) is 17.0. The van der Waals surface area contributed by atoms with Crippen molar-refractivity contribution in [2.45, 2.75) is 33.6 Å². The number of hydrogen-bond acceptors (Lipinski definition) is 3. The van der Waals surface area contributed by atoms with Crippen molar-refractivity contribution in [2.75, 3.05) is 13.1 Å². The van der Waals surface area contributed by atoms with E-state index in [4.69, 9.17) is 0 Å².